The van der Waals surface area contributed by atoms with Crippen molar-refractivity contribution in [2.45, 2.75) is 12.8 Å². The van der Waals surface area contributed by atoms with E-state index in [1.807, 2.05) is 12.1 Å². The third-order valence-corrected chi connectivity index (χ3v) is 4.17. The maximum Gasteiger partial charge on any atom is 0.328 e. The van der Waals surface area contributed by atoms with Gasteiger partial charge in [0.2, 0.25) is 0 Å². The number of benzene rings is 3. The Morgan fingerprint density at radius 3 is 1.77 bits per heavy atom. The third-order valence-electron chi connectivity index (χ3n) is 4.17. The molecule has 0 aromatic heterocycles. The number of carboxylic acid groups (broad SMARTS) is 1. The highest BCUT2D eigenvalue weighted by Gasteiger charge is 1.98. The van der Waals surface area contributed by atoms with E-state index in [2.05, 4.69) is 48.5 Å². The van der Waals surface area contributed by atoms with E-state index in [0.717, 1.165) is 32.1 Å². The highest BCUT2D eigenvalue weighted by atomic mass is 16.5. The van der Waals surface area contributed by atoms with Gasteiger partial charge in [0, 0.05) is 6.08 Å². The summed E-state index contributed by atoms with van der Waals surface area (Å²) in [6.07, 6.45) is 4.26. The highest BCUT2D eigenvalue weighted by Crippen LogP contribution is 2.25. The summed E-state index contributed by atoms with van der Waals surface area (Å²) in [4.78, 5) is 10.1. The minimum Gasteiger partial charge on any atom is -0.504 e. The molecule has 0 atom stereocenters. The molecule has 3 aromatic rings. The zero-order valence-corrected chi connectivity index (χ0v) is 16.6. The van der Waals surface area contributed by atoms with Gasteiger partial charge in [0.25, 0.3) is 0 Å². The number of carboxylic acids is 1. The van der Waals surface area contributed by atoms with E-state index in [1.165, 1.54) is 35.4 Å². The average Bonchev–Trinajstić information content (AvgIpc) is 2.76. The van der Waals surface area contributed by atoms with Gasteiger partial charge in [-0.3, -0.25) is 0 Å². The molecule has 5 nitrogen and oxygen atoms in total. The second-order valence-electron chi connectivity index (χ2n) is 6.50. The molecule has 156 valence electrons. The summed E-state index contributed by atoms with van der Waals surface area (Å²) in [5.41, 5.74) is 3.19. The fraction of sp³-hybridized carbons (Fsp3) is 0.160. The van der Waals surface area contributed by atoms with Gasteiger partial charge in [-0.05, 0) is 47.7 Å². The quantitative estimate of drug-likeness (QED) is 0.287. The van der Waals surface area contributed by atoms with E-state index in [4.69, 9.17) is 20.1 Å². The van der Waals surface area contributed by atoms with Crippen LogP contribution < -0.4 is 0 Å². The van der Waals surface area contributed by atoms with Crippen LogP contribution in [0.3, 0.4) is 0 Å². The van der Waals surface area contributed by atoms with Crippen molar-refractivity contribution in [2.75, 3.05) is 13.2 Å². The number of hydrogen-bond donors (Lipinski definition) is 3. The van der Waals surface area contributed by atoms with Gasteiger partial charge in [-0.25, -0.2) is 4.79 Å². The lowest BCUT2D eigenvalue weighted by molar-refractivity contribution is -0.131. The van der Waals surface area contributed by atoms with Crippen LogP contribution in [0.4, 0.5) is 0 Å². The Hall–Kier alpha value is -3.57. The monoisotopic (exact) mass is 406 g/mol. The van der Waals surface area contributed by atoms with Crippen LogP contribution in [0.2, 0.25) is 0 Å². The fourth-order valence-corrected chi connectivity index (χ4v) is 2.58. The smallest absolute Gasteiger partial charge is 0.328 e. The molecule has 0 spiro atoms. The number of rotatable bonds is 8. The molecule has 3 aromatic carbocycles. The molecule has 5 heteroatoms. The lowest BCUT2D eigenvalue weighted by Gasteiger charge is -2.04. The van der Waals surface area contributed by atoms with Crippen molar-refractivity contribution in [3.05, 3.63) is 102 Å². The molecule has 3 rings (SSSR count). The molecule has 0 bridgehead atoms. The number of carbonyl (C=O) groups is 1. The first kappa shape index (κ1) is 22.7. The summed E-state index contributed by atoms with van der Waals surface area (Å²) < 4.78 is 5.64. The van der Waals surface area contributed by atoms with E-state index in [-0.39, 0.29) is 11.5 Å². The van der Waals surface area contributed by atoms with E-state index in [0.29, 0.717) is 5.56 Å². The number of aliphatic carboxylic acids is 1. The Morgan fingerprint density at radius 2 is 1.30 bits per heavy atom. The molecular formula is C25H26O5. The molecule has 0 radical (unpaired) electrons. The summed E-state index contributed by atoms with van der Waals surface area (Å²) in [6, 6.07) is 25.0. The van der Waals surface area contributed by atoms with Crippen molar-refractivity contribution >= 4 is 12.0 Å². The number of ether oxygens (including phenoxy) is 1. The molecule has 0 saturated carbocycles. The topological polar surface area (TPSA) is 87.0 Å². The van der Waals surface area contributed by atoms with Crippen LogP contribution in [0.1, 0.15) is 16.7 Å². The SMILES string of the molecule is O=C(O)/C=C/c1ccc(O)c(O)c1.c1ccc(CCOCCc2ccccc2)cc1. The zero-order valence-electron chi connectivity index (χ0n) is 16.6. The molecule has 0 saturated heterocycles. The summed E-state index contributed by atoms with van der Waals surface area (Å²) in [7, 11) is 0. The van der Waals surface area contributed by atoms with Crippen molar-refractivity contribution in [1.29, 1.82) is 0 Å². The van der Waals surface area contributed by atoms with Gasteiger partial charge >= 0.3 is 5.97 Å². The highest BCUT2D eigenvalue weighted by molar-refractivity contribution is 5.85. The predicted octanol–water partition coefficient (Wildman–Crippen LogP) is 4.68. The minimum atomic E-state index is -1.06. The summed E-state index contributed by atoms with van der Waals surface area (Å²) in [5, 5.41) is 26.3. The Morgan fingerprint density at radius 1 is 0.767 bits per heavy atom. The van der Waals surface area contributed by atoms with E-state index in [9.17, 15) is 4.79 Å². The molecular weight excluding hydrogens is 380 g/mol. The van der Waals surface area contributed by atoms with Crippen molar-refractivity contribution < 1.29 is 24.9 Å². The molecule has 0 aliphatic carbocycles. The van der Waals surface area contributed by atoms with Crippen molar-refractivity contribution in [3.63, 3.8) is 0 Å². The lowest BCUT2D eigenvalue weighted by Crippen LogP contribution is -2.02. The van der Waals surface area contributed by atoms with Crippen molar-refractivity contribution in [2.24, 2.45) is 0 Å². The molecule has 0 fully saturated rings. The Labute approximate surface area is 176 Å². The Bertz CT molecular complexity index is 879. The van der Waals surface area contributed by atoms with Gasteiger partial charge in [0.05, 0.1) is 13.2 Å². The second-order valence-corrected chi connectivity index (χ2v) is 6.50. The Balaban J connectivity index is 0.000000222. The van der Waals surface area contributed by atoms with E-state index in [1.54, 1.807) is 0 Å². The van der Waals surface area contributed by atoms with Gasteiger partial charge in [0.1, 0.15) is 0 Å². The maximum absolute atomic E-state index is 10.1. The van der Waals surface area contributed by atoms with E-state index >= 15 is 0 Å². The van der Waals surface area contributed by atoms with Crippen LogP contribution in [0.5, 0.6) is 11.5 Å². The van der Waals surface area contributed by atoms with Crippen LogP contribution in [0, 0.1) is 0 Å². The first-order valence-electron chi connectivity index (χ1n) is 9.63. The predicted molar refractivity (Wildman–Crippen MR) is 118 cm³/mol. The molecule has 3 N–H and O–H groups in total. The van der Waals surface area contributed by atoms with Crippen LogP contribution in [0.15, 0.2) is 84.9 Å². The number of hydrogen-bond acceptors (Lipinski definition) is 4. The third kappa shape index (κ3) is 9.08. The van der Waals surface area contributed by atoms with Crippen LogP contribution in [-0.2, 0) is 22.4 Å². The lowest BCUT2D eigenvalue weighted by atomic mass is 10.1. The zero-order chi connectivity index (χ0) is 21.6. The molecule has 0 amide bonds. The normalized spacial score (nSPS) is 10.4. The summed E-state index contributed by atoms with van der Waals surface area (Å²) >= 11 is 0. The fourth-order valence-electron chi connectivity index (χ4n) is 2.58. The first-order valence-corrected chi connectivity index (χ1v) is 9.63. The second kappa shape index (κ2) is 12.8. The molecule has 30 heavy (non-hydrogen) atoms. The molecule has 0 unspecified atom stereocenters. The number of phenols is 2. The van der Waals surface area contributed by atoms with Gasteiger partial charge in [-0.15, -0.1) is 0 Å². The van der Waals surface area contributed by atoms with Gasteiger partial charge in [-0.2, -0.15) is 0 Å². The van der Waals surface area contributed by atoms with Crippen LogP contribution in [-0.4, -0.2) is 34.5 Å². The summed E-state index contributed by atoms with van der Waals surface area (Å²) in [5.74, 6) is -1.56. The average molecular weight is 406 g/mol. The van der Waals surface area contributed by atoms with Crippen molar-refractivity contribution in [1.82, 2.24) is 0 Å². The van der Waals surface area contributed by atoms with Gasteiger partial charge < -0.3 is 20.1 Å². The van der Waals surface area contributed by atoms with Crippen molar-refractivity contribution in [3.8, 4) is 11.5 Å². The van der Waals surface area contributed by atoms with Crippen LogP contribution in [0.25, 0.3) is 6.08 Å². The first-order chi connectivity index (χ1) is 14.5. The largest absolute Gasteiger partial charge is 0.504 e. The molecule has 0 aliphatic heterocycles. The number of phenolic OH excluding ortho intramolecular Hbond substituents is 2. The van der Waals surface area contributed by atoms with Gasteiger partial charge in [0.15, 0.2) is 11.5 Å². The standard InChI is InChI=1S/C16H18O.C9H8O4/c1-3-7-15(8-4-1)11-13-17-14-12-16-9-5-2-6-10-16;10-7-3-1-6(5-8(7)11)2-4-9(12)13/h1-10H,11-14H2;1-5,10-11H,(H,12,13)/b;4-2+. The minimum absolute atomic E-state index is 0.229. The van der Waals surface area contributed by atoms with Crippen LogP contribution >= 0.6 is 0 Å². The molecule has 0 aliphatic rings. The molecule has 0 heterocycles. The maximum atomic E-state index is 10.1. The number of aromatic hydroxyl groups is 2. The summed E-state index contributed by atoms with van der Waals surface area (Å²) in [6.45, 7) is 1.60. The Kier molecular flexibility index (Phi) is 9.69. The van der Waals surface area contributed by atoms with Gasteiger partial charge in [-0.1, -0.05) is 66.7 Å². The van der Waals surface area contributed by atoms with E-state index < -0.39 is 5.97 Å².